The van der Waals surface area contributed by atoms with Crippen LogP contribution in [0.25, 0.3) is 5.57 Å². The third-order valence-electron chi connectivity index (χ3n) is 2.97. The normalized spacial score (nSPS) is 19.8. The van der Waals surface area contributed by atoms with Gasteiger partial charge in [0.1, 0.15) is 0 Å². The second-order valence-corrected chi connectivity index (χ2v) is 4.93. The molecule has 0 fully saturated rings. The number of benzene rings is 1. The van der Waals surface area contributed by atoms with E-state index in [-0.39, 0.29) is 5.54 Å². The summed E-state index contributed by atoms with van der Waals surface area (Å²) in [6.07, 6.45) is 2.23. The van der Waals surface area contributed by atoms with Crippen LogP contribution in [0, 0.1) is 0 Å². The summed E-state index contributed by atoms with van der Waals surface area (Å²) in [5.74, 6) is 1.67. The van der Waals surface area contributed by atoms with Gasteiger partial charge in [-0.1, -0.05) is 6.08 Å². The molecule has 2 aliphatic heterocycles. The van der Waals surface area contributed by atoms with Crippen molar-refractivity contribution in [3.05, 3.63) is 23.8 Å². The Morgan fingerprint density at radius 2 is 1.88 bits per heavy atom. The molecule has 1 N–H and O–H groups in total. The van der Waals surface area contributed by atoms with E-state index in [1.165, 1.54) is 11.1 Å². The van der Waals surface area contributed by atoms with E-state index in [1.54, 1.807) is 0 Å². The van der Waals surface area contributed by atoms with Crippen LogP contribution >= 0.6 is 0 Å². The molecule has 1 aromatic carbocycles. The molecule has 2 heterocycles. The fourth-order valence-electron chi connectivity index (χ4n) is 2.37. The van der Waals surface area contributed by atoms with E-state index in [0.29, 0.717) is 6.79 Å². The molecule has 3 rings (SSSR count). The molecule has 0 saturated carbocycles. The Labute approximate surface area is 95.1 Å². The van der Waals surface area contributed by atoms with Gasteiger partial charge in [-0.3, -0.25) is 0 Å². The average molecular weight is 217 g/mol. The largest absolute Gasteiger partial charge is 0.454 e. The van der Waals surface area contributed by atoms with Crippen LogP contribution in [-0.2, 0) is 0 Å². The summed E-state index contributed by atoms with van der Waals surface area (Å²) in [5.41, 5.74) is 3.58. The van der Waals surface area contributed by atoms with Crippen LogP contribution in [0.2, 0.25) is 0 Å². The summed E-state index contributed by atoms with van der Waals surface area (Å²) in [4.78, 5) is 0. The topological polar surface area (TPSA) is 30.5 Å². The molecule has 2 aliphatic rings. The Bertz CT molecular complexity index is 489. The summed E-state index contributed by atoms with van der Waals surface area (Å²) >= 11 is 0. The maximum Gasteiger partial charge on any atom is 0.231 e. The lowest BCUT2D eigenvalue weighted by molar-refractivity contribution is 0.174. The predicted molar refractivity (Wildman–Crippen MR) is 63.9 cm³/mol. The highest BCUT2D eigenvalue weighted by Crippen LogP contribution is 2.42. The van der Waals surface area contributed by atoms with Crippen LogP contribution in [0.3, 0.4) is 0 Å². The quantitative estimate of drug-likeness (QED) is 0.724. The Kier molecular flexibility index (Phi) is 1.76. The fraction of sp³-hybridized carbons (Fsp3) is 0.385. The molecule has 16 heavy (non-hydrogen) atoms. The molecule has 0 radical (unpaired) electrons. The van der Waals surface area contributed by atoms with Gasteiger partial charge in [-0.05, 0) is 32.4 Å². The third-order valence-corrected chi connectivity index (χ3v) is 2.97. The molecule has 3 heteroatoms. The molecule has 0 amide bonds. The molecule has 3 nitrogen and oxygen atoms in total. The van der Waals surface area contributed by atoms with E-state index in [1.807, 2.05) is 12.1 Å². The van der Waals surface area contributed by atoms with Gasteiger partial charge in [-0.25, -0.2) is 0 Å². The number of rotatable bonds is 0. The van der Waals surface area contributed by atoms with Crippen molar-refractivity contribution in [2.75, 3.05) is 12.1 Å². The summed E-state index contributed by atoms with van der Waals surface area (Å²) in [6.45, 7) is 6.77. The Balaban J connectivity index is 2.16. The van der Waals surface area contributed by atoms with Crippen LogP contribution in [0.4, 0.5) is 5.69 Å². The smallest absolute Gasteiger partial charge is 0.231 e. The first-order valence-corrected chi connectivity index (χ1v) is 5.47. The monoisotopic (exact) mass is 217 g/mol. The summed E-state index contributed by atoms with van der Waals surface area (Å²) in [5, 5.41) is 3.48. The van der Waals surface area contributed by atoms with E-state index in [2.05, 4.69) is 32.2 Å². The minimum Gasteiger partial charge on any atom is -0.454 e. The molecule has 1 aromatic rings. The number of hydrogen-bond acceptors (Lipinski definition) is 3. The Hall–Kier alpha value is -1.64. The van der Waals surface area contributed by atoms with Crippen molar-refractivity contribution in [1.29, 1.82) is 0 Å². The number of fused-ring (bicyclic) bond motifs is 2. The fourth-order valence-corrected chi connectivity index (χ4v) is 2.37. The van der Waals surface area contributed by atoms with Crippen molar-refractivity contribution >= 4 is 11.3 Å². The summed E-state index contributed by atoms with van der Waals surface area (Å²) < 4.78 is 10.8. The highest BCUT2D eigenvalue weighted by molar-refractivity contribution is 5.82. The van der Waals surface area contributed by atoms with Crippen molar-refractivity contribution < 1.29 is 9.47 Å². The molecule has 0 atom stereocenters. The van der Waals surface area contributed by atoms with Crippen molar-refractivity contribution in [2.45, 2.75) is 26.3 Å². The third kappa shape index (κ3) is 1.35. The Morgan fingerprint density at radius 3 is 2.62 bits per heavy atom. The van der Waals surface area contributed by atoms with E-state index in [0.717, 1.165) is 17.2 Å². The standard InChI is InChI=1S/C13H15NO2/c1-8-6-13(2,3)14-10-5-12-11(4-9(8)10)15-7-16-12/h4-6,14H,7H2,1-3H3. The maximum absolute atomic E-state index is 5.39. The molecule has 84 valence electrons. The summed E-state index contributed by atoms with van der Waals surface area (Å²) in [6, 6.07) is 4.07. The number of hydrogen-bond donors (Lipinski definition) is 1. The van der Waals surface area contributed by atoms with Crippen LogP contribution in [0.5, 0.6) is 11.5 Å². The van der Waals surface area contributed by atoms with Gasteiger partial charge in [0, 0.05) is 17.3 Å². The van der Waals surface area contributed by atoms with Gasteiger partial charge in [0.05, 0.1) is 5.54 Å². The molecule has 0 bridgehead atoms. The van der Waals surface area contributed by atoms with Crippen LogP contribution in [0.1, 0.15) is 26.3 Å². The first-order chi connectivity index (χ1) is 7.55. The summed E-state index contributed by atoms with van der Waals surface area (Å²) in [7, 11) is 0. The zero-order valence-corrected chi connectivity index (χ0v) is 9.76. The predicted octanol–water partition coefficient (Wildman–Crippen LogP) is 3.02. The molecule has 0 aliphatic carbocycles. The molecule has 0 aromatic heterocycles. The SMILES string of the molecule is CC1=CC(C)(C)Nc2cc3c(cc21)OCO3. The number of ether oxygens (including phenoxy) is 2. The highest BCUT2D eigenvalue weighted by atomic mass is 16.7. The van der Waals surface area contributed by atoms with Gasteiger partial charge in [0.2, 0.25) is 6.79 Å². The minimum absolute atomic E-state index is 0.00915. The van der Waals surface area contributed by atoms with E-state index < -0.39 is 0 Å². The lowest BCUT2D eigenvalue weighted by Crippen LogP contribution is -2.31. The van der Waals surface area contributed by atoms with E-state index in [9.17, 15) is 0 Å². The first-order valence-electron chi connectivity index (χ1n) is 5.47. The van der Waals surface area contributed by atoms with Crippen molar-refractivity contribution in [2.24, 2.45) is 0 Å². The lowest BCUT2D eigenvalue weighted by atomic mass is 9.91. The first kappa shape index (κ1) is 9.58. The molecule has 0 saturated heterocycles. The number of nitrogens with one attached hydrogen (secondary N) is 1. The minimum atomic E-state index is -0.00915. The van der Waals surface area contributed by atoms with Gasteiger partial charge in [0.25, 0.3) is 0 Å². The van der Waals surface area contributed by atoms with Gasteiger partial charge >= 0.3 is 0 Å². The van der Waals surface area contributed by atoms with E-state index in [4.69, 9.17) is 9.47 Å². The second-order valence-electron chi connectivity index (χ2n) is 4.93. The molecular weight excluding hydrogens is 202 g/mol. The zero-order chi connectivity index (χ0) is 11.3. The highest BCUT2D eigenvalue weighted by Gasteiger charge is 2.25. The van der Waals surface area contributed by atoms with E-state index >= 15 is 0 Å². The van der Waals surface area contributed by atoms with Gasteiger partial charge < -0.3 is 14.8 Å². The molecule has 0 unspecified atom stereocenters. The molecule has 0 spiro atoms. The maximum atomic E-state index is 5.39. The van der Waals surface area contributed by atoms with Crippen LogP contribution in [0.15, 0.2) is 18.2 Å². The van der Waals surface area contributed by atoms with Gasteiger partial charge in [-0.2, -0.15) is 0 Å². The lowest BCUT2D eigenvalue weighted by Gasteiger charge is -2.31. The van der Waals surface area contributed by atoms with Gasteiger partial charge in [0.15, 0.2) is 11.5 Å². The Morgan fingerprint density at radius 1 is 1.19 bits per heavy atom. The number of anilines is 1. The van der Waals surface area contributed by atoms with Gasteiger partial charge in [-0.15, -0.1) is 0 Å². The number of allylic oxidation sites excluding steroid dienone is 1. The van der Waals surface area contributed by atoms with Crippen molar-refractivity contribution in [3.63, 3.8) is 0 Å². The van der Waals surface area contributed by atoms with Crippen LogP contribution < -0.4 is 14.8 Å². The van der Waals surface area contributed by atoms with Crippen molar-refractivity contribution in [3.8, 4) is 11.5 Å². The second kappa shape index (κ2) is 2.94. The van der Waals surface area contributed by atoms with Crippen LogP contribution in [-0.4, -0.2) is 12.3 Å². The van der Waals surface area contributed by atoms with Crippen molar-refractivity contribution in [1.82, 2.24) is 0 Å². The molecular formula is C13H15NO2. The average Bonchev–Trinajstić information content (AvgIpc) is 2.60. The zero-order valence-electron chi connectivity index (χ0n) is 9.76.